The minimum absolute atomic E-state index is 0.0600. The Morgan fingerprint density at radius 2 is 1.90 bits per heavy atom. The summed E-state index contributed by atoms with van der Waals surface area (Å²) in [4.78, 5) is 20.0. The lowest BCUT2D eigenvalue weighted by atomic mass is 10.2. The van der Waals surface area contributed by atoms with Crippen molar-refractivity contribution in [1.82, 2.24) is 15.3 Å². The molecule has 3 N–H and O–H groups in total. The second-order valence-electron chi connectivity index (χ2n) is 5.10. The number of hydrogen-bond acceptors (Lipinski definition) is 5. The molecule has 1 amide bonds. The maximum Gasteiger partial charge on any atom is 0.221 e. The van der Waals surface area contributed by atoms with Gasteiger partial charge in [0.15, 0.2) is 0 Å². The van der Waals surface area contributed by atoms with E-state index < -0.39 is 0 Å². The predicted molar refractivity (Wildman–Crippen MR) is 81.9 cm³/mol. The Kier molecular flexibility index (Phi) is 6.76. The Labute approximate surface area is 120 Å². The van der Waals surface area contributed by atoms with Crippen molar-refractivity contribution in [1.29, 1.82) is 0 Å². The average Bonchev–Trinajstić information content (AvgIpc) is 2.41. The monoisotopic (exact) mass is 279 g/mol. The standard InChI is InChI=1S/C14H25N5O/c1-5-15-13-11(4)14(19-9-18-13)16-7-6-12(20)17-8-10(2)3/h9-10H,5-8H2,1-4H3,(H,17,20)(H2,15,16,18,19). The molecule has 0 saturated heterocycles. The highest BCUT2D eigenvalue weighted by atomic mass is 16.1. The number of amides is 1. The van der Waals surface area contributed by atoms with Crippen molar-refractivity contribution in [3.63, 3.8) is 0 Å². The van der Waals surface area contributed by atoms with Crippen molar-refractivity contribution in [2.24, 2.45) is 5.92 Å². The molecule has 0 radical (unpaired) electrons. The van der Waals surface area contributed by atoms with E-state index in [0.717, 1.165) is 30.3 Å². The molecule has 0 aliphatic rings. The summed E-state index contributed by atoms with van der Waals surface area (Å²) in [5.41, 5.74) is 0.969. The summed E-state index contributed by atoms with van der Waals surface area (Å²) in [5.74, 6) is 2.13. The number of rotatable bonds is 8. The molecule has 1 rings (SSSR count). The van der Waals surface area contributed by atoms with Gasteiger partial charge in [0.05, 0.1) is 0 Å². The van der Waals surface area contributed by atoms with Crippen LogP contribution >= 0.6 is 0 Å². The molecule has 0 bridgehead atoms. The van der Waals surface area contributed by atoms with Gasteiger partial charge in [0.1, 0.15) is 18.0 Å². The molecule has 1 heterocycles. The van der Waals surface area contributed by atoms with E-state index in [-0.39, 0.29) is 5.91 Å². The highest BCUT2D eigenvalue weighted by molar-refractivity contribution is 5.76. The molecule has 0 fully saturated rings. The fraction of sp³-hybridized carbons (Fsp3) is 0.643. The van der Waals surface area contributed by atoms with Gasteiger partial charge in [0.25, 0.3) is 0 Å². The molecule has 6 nitrogen and oxygen atoms in total. The molecule has 0 aliphatic heterocycles. The van der Waals surface area contributed by atoms with Crippen LogP contribution < -0.4 is 16.0 Å². The van der Waals surface area contributed by atoms with Gasteiger partial charge in [-0.05, 0) is 19.8 Å². The maximum atomic E-state index is 11.6. The molecule has 6 heteroatoms. The quantitative estimate of drug-likeness (QED) is 0.676. The highest BCUT2D eigenvalue weighted by Gasteiger charge is 2.07. The topological polar surface area (TPSA) is 78.9 Å². The van der Waals surface area contributed by atoms with Crippen molar-refractivity contribution in [2.75, 3.05) is 30.3 Å². The summed E-state index contributed by atoms with van der Waals surface area (Å²) >= 11 is 0. The normalized spacial score (nSPS) is 10.4. The number of carbonyl (C=O) groups is 1. The molecule has 0 aromatic carbocycles. The fourth-order valence-electron chi connectivity index (χ4n) is 1.67. The van der Waals surface area contributed by atoms with Gasteiger partial charge in [-0.15, -0.1) is 0 Å². The van der Waals surface area contributed by atoms with Crippen LogP contribution in [0.1, 0.15) is 32.8 Å². The fourth-order valence-corrected chi connectivity index (χ4v) is 1.67. The number of hydrogen-bond donors (Lipinski definition) is 3. The van der Waals surface area contributed by atoms with Crippen molar-refractivity contribution >= 4 is 17.5 Å². The minimum atomic E-state index is 0.0600. The van der Waals surface area contributed by atoms with E-state index in [1.807, 2.05) is 13.8 Å². The lowest BCUT2D eigenvalue weighted by Gasteiger charge is -2.12. The summed E-state index contributed by atoms with van der Waals surface area (Å²) < 4.78 is 0. The first kappa shape index (κ1) is 16.2. The van der Waals surface area contributed by atoms with Gasteiger partial charge in [-0.2, -0.15) is 0 Å². The first-order chi connectivity index (χ1) is 9.54. The Bertz CT molecular complexity index is 434. The zero-order chi connectivity index (χ0) is 15.0. The lowest BCUT2D eigenvalue weighted by molar-refractivity contribution is -0.120. The number of aromatic nitrogens is 2. The zero-order valence-corrected chi connectivity index (χ0v) is 12.8. The Hall–Kier alpha value is -1.85. The van der Waals surface area contributed by atoms with Crippen LogP contribution in [0.5, 0.6) is 0 Å². The van der Waals surface area contributed by atoms with Crippen molar-refractivity contribution in [2.45, 2.75) is 34.1 Å². The van der Waals surface area contributed by atoms with Gasteiger partial charge in [0, 0.05) is 31.6 Å². The van der Waals surface area contributed by atoms with E-state index >= 15 is 0 Å². The molecule has 0 saturated carbocycles. The van der Waals surface area contributed by atoms with Crippen LogP contribution in [0.15, 0.2) is 6.33 Å². The van der Waals surface area contributed by atoms with Crippen molar-refractivity contribution < 1.29 is 4.79 Å². The zero-order valence-electron chi connectivity index (χ0n) is 12.8. The van der Waals surface area contributed by atoms with Gasteiger partial charge in [-0.25, -0.2) is 9.97 Å². The van der Waals surface area contributed by atoms with E-state index in [4.69, 9.17) is 0 Å². The van der Waals surface area contributed by atoms with Crippen LogP contribution in [0.4, 0.5) is 11.6 Å². The van der Waals surface area contributed by atoms with E-state index in [9.17, 15) is 4.79 Å². The number of carbonyl (C=O) groups excluding carboxylic acids is 1. The first-order valence-electron chi connectivity index (χ1n) is 7.10. The molecular weight excluding hydrogens is 254 g/mol. The Morgan fingerprint density at radius 3 is 2.50 bits per heavy atom. The third-order valence-corrected chi connectivity index (χ3v) is 2.78. The maximum absolute atomic E-state index is 11.6. The summed E-state index contributed by atoms with van der Waals surface area (Å²) in [6.07, 6.45) is 1.96. The molecule has 20 heavy (non-hydrogen) atoms. The number of nitrogens with one attached hydrogen (secondary N) is 3. The summed E-state index contributed by atoms with van der Waals surface area (Å²) in [7, 11) is 0. The molecule has 1 aromatic rings. The largest absolute Gasteiger partial charge is 0.370 e. The highest BCUT2D eigenvalue weighted by Crippen LogP contribution is 2.17. The number of anilines is 2. The van der Waals surface area contributed by atoms with Crippen LogP contribution in [0.2, 0.25) is 0 Å². The third kappa shape index (κ3) is 5.42. The van der Waals surface area contributed by atoms with Crippen LogP contribution in [0.3, 0.4) is 0 Å². The summed E-state index contributed by atoms with van der Waals surface area (Å²) in [6.45, 7) is 10.2. The Balaban J connectivity index is 2.42. The summed E-state index contributed by atoms with van der Waals surface area (Å²) in [6, 6.07) is 0. The van der Waals surface area contributed by atoms with Crippen molar-refractivity contribution in [3.05, 3.63) is 11.9 Å². The summed E-state index contributed by atoms with van der Waals surface area (Å²) in [5, 5.41) is 9.25. The van der Waals surface area contributed by atoms with E-state index in [1.54, 1.807) is 0 Å². The predicted octanol–water partition coefficient (Wildman–Crippen LogP) is 1.79. The van der Waals surface area contributed by atoms with Gasteiger partial charge >= 0.3 is 0 Å². The van der Waals surface area contributed by atoms with Gasteiger partial charge in [0.2, 0.25) is 5.91 Å². The molecule has 0 atom stereocenters. The second-order valence-corrected chi connectivity index (χ2v) is 5.10. The minimum Gasteiger partial charge on any atom is -0.370 e. The average molecular weight is 279 g/mol. The molecule has 0 aliphatic carbocycles. The number of nitrogens with zero attached hydrogens (tertiary/aromatic N) is 2. The Morgan fingerprint density at radius 1 is 1.25 bits per heavy atom. The smallest absolute Gasteiger partial charge is 0.221 e. The lowest BCUT2D eigenvalue weighted by Crippen LogP contribution is -2.28. The SMILES string of the molecule is CCNc1ncnc(NCCC(=O)NCC(C)C)c1C. The molecule has 1 aromatic heterocycles. The van der Waals surface area contributed by atoms with Gasteiger partial charge in [-0.1, -0.05) is 13.8 Å². The molecule has 0 unspecified atom stereocenters. The van der Waals surface area contributed by atoms with Crippen LogP contribution in [0.25, 0.3) is 0 Å². The van der Waals surface area contributed by atoms with E-state index in [2.05, 4.69) is 39.8 Å². The second kappa shape index (κ2) is 8.35. The third-order valence-electron chi connectivity index (χ3n) is 2.78. The molecular formula is C14H25N5O. The van der Waals surface area contributed by atoms with Crippen molar-refractivity contribution in [3.8, 4) is 0 Å². The molecule has 112 valence electrons. The molecule has 0 spiro atoms. The van der Waals surface area contributed by atoms with Crippen LogP contribution in [-0.4, -0.2) is 35.5 Å². The van der Waals surface area contributed by atoms with Crippen LogP contribution in [-0.2, 0) is 4.79 Å². The van der Waals surface area contributed by atoms with Crippen LogP contribution in [0, 0.1) is 12.8 Å². The van der Waals surface area contributed by atoms with Gasteiger partial charge in [-0.3, -0.25) is 4.79 Å². The van der Waals surface area contributed by atoms with E-state index in [1.165, 1.54) is 6.33 Å². The van der Waals surface area contributed by atoms with E-state index in [0.29, 0.717) is 18.9 Å². The first-order valence-corrected chi connectivity index (χ1v) is 7.10. The van der Waals surface area contributed by atoms with Gasteiger partial charge < -0.3 is 16.0 Å².